The molecule has 1 aromatic rings. The van der Waals surface area contributed by atoms with Crippen LogP contribution in [0.4, 0.5) is 0 Å². The number of hydrogen-bond acceptors (Lipinski definition) is 6. The second-order valence-corrected chi connectivity index (χ2v) is 7.95. The summed E-state index contributed by atoms with van der Waals surface area (Å²) < 4.78 is 23.0. The Hall–Kier alpha value is -2.05. The maximum Gasteiger partial charge on any atom is 0.342 e. The summed E-state index contributed by atoms with van der Waals surface area (Å²) in [6.45, 7) is 5.76. The fourth-order valence-corrected chi connectivity index (χ4v) is 3.87. The summed E-state index contributed by atoms with van der Waals surface area (Å²) in [4.78, 5) is 12.7. The van der Waals surface area contributed by atoms with Gasteiger partial charge in [-0.05, 0) is 64.5 Å². The lowest BCUT2D eigenvalue weighted by atomic mass is 10.00. The van der Waals surface area contributed by atoms with E-state index in [2.05, 4.69) is 0 Å². The first-order valence-electron chi connectivity index (χ1n) is 9.93. The van der Waals surface area contributed by atoms with Crippen LogP contribution >= 0.6 is 0 Å². The van der Waals surface area contributed by atoms with Crippen LogP contribution in [0.15, 0.2) is 18.2 Å². The lowest BCUT2D eigenvalue weighted by Gasteiger charge is -2.19. The van der Waals surface area contributed by atoms with Gasteiger partial charge in [0.1, 0.15) is 17.1 Å². The second-order valence-electron chi connectivity index (χ2n) is 7.95. The molecule has 2 aliphatic rings. The number of methoxy groups -OCH3 is 1. The van der Waals surface area contributed by atoms with Gasteiger partial charge >= 0.3 is 5.97 Å². The van der Waals surface area contributed by atoms with Crippen LogP contribution in [0.1, 0.15) is 68.8 Å². The molecule has 28 heavy (non-hydrogen) atoms. The Kier molecular flexibility index (Phi) is 6.30. The molecular weight excluding hydrogens is 360 g/mol. The highest BCUT2D eigenvalue weighted by molar-refractivity contribution is 5.97. The van der Waals surface area contributed by atoms with Gasteiger partial charge in [-0.15, -0.1) is 0 Å². The van der Waals surface area contributed by atoms with Crippen molar-refractivity contribution in [3.05, 3.63) is 29.3 Å². The van der Waals surface area contributed by atoms with Crippen LogP contribution in [-0.2, 0) is 14.2 Å². The molecule has 3 atom stereocenters. The molecule has 0 aromatic heterocycles. The van der Waals surface area contributed by atoms with E-state index < -0.39 is 11.8 Å². The van der Waals surface area contributed by atoms with Gasteiger partial charge in [0.15, 0.2) is 5.79 Å². The number of fused-ring (bicyclic) bond motifs is 2. The van der Waals surface area contributed by atoms with Crippen LogP contribution in [0.2, 0.25) is 0 Å². The van der Waals surface area contributed by atoms with Crippen molar-refractivity contribution in [2.75, 3.05) is 7.11 Å². The highest BCUT2D eigenvalue weighted by Gasteiger charge is 2.40. The van der Waals surface area contributed by atoms with Crippen molar-refractivity contribution in [3.63, 3.8) is 0 Å². The monoisotopic (exact) mass is 390 g/mol. The molecule has 2 heterocycles. The van der Waals surface area contributed by atoms with Gasteiger partial charge in [0.05, 0.1) is 25.4 Å². The number of aromatic hydroxyl groups is 1. The number of esters is 1. The number of cyclic esters (lactones) is 1. The van der Waals surface area contributed by atoms with Crippen LogP contribution in [0.5, 0.6) is 11.5 Å². The van der Waals surface area contributed by atoms with E-state index in [0.29, 0.717) is 11.3 Å². The topological polar surface area (TPSA) is 74.2 Å². The number of carbonyl (C=O) groups is 1. The third-order valence-corrected chi connectivity index (χ3v) is 5.17. The van der Waals surface area contributed by atoms with Gasteiger partial charge in [-0.1, -0.05) is 12.2 Å². The van der Waals surface area contributed by atoms with E-state index in [1.54, 1.807) is 6.07 Å². The Labute approximate surface area is 166 Å². The minimum absolute atomic E-state index is 0.0404. The second kappa shape index (κ2) is 8.53. The molecule has 0 aliphatic carbocycles. The molecule has 6 nitrogen and oxygen atoms in total. The number of allylic oxidation sites excluding steroid dienone is 1. The summed E-state index contributed by atoms with van der Waals surface area (Å²) >= 11 is 0. The average molecular weight is 390 g/mol. The molecule has 2 aliphatic heterocycles. The maximum atomic E-state index is 12.7. The van der Waals surface area contributed by atoms with E-state index in [4.69, 9.17) is 18.9 Å². The molecule has 154 valence electrons. The molecule has 3 rings (SSSR count). The third-order valence-electron chi connectivity index (χ3n) is 5.17. The minimum atomic E-state index is -0.573. The van der Waals surface area contributed by atoms with E-state index in [1.165, 1.54) is 13.2 Å². The molecule has 0 bridgehead atoms. The molecule has 1 N–H and O–H groups in total. The first kappa shape index (κ1) is 20.7. The standard InChI is InChI=1S/C22H30O6/c1-14-8-7-11-19-18(27-22(2,3)28-19)10-6-5-9-15-12-16(25-4)13-17(23)20(15)21(24)26-14/h5,9,12-14,18-19,23H,6-8,10-11H2,1-4H3. The van der Waals surface area contributed by atoms with Gasteiger partial charge in [-0.25, -0.2) is 4.79 Å². The maximum absolute atomic E-state index is 12.7. The normalized spacial score (nSPS) is 28.0. The molecule has 0 saturated carbocycles. The third kappa shape index (κ3) is 4.86. The quantitative estimate of drug-likeness (QED) is 0.715. The zero-order valence-corrected chi connectivity index (χ0v) is 17.1. The fourth-order valence-electron chi connectivity index (χ4n) is 3.87. The summed E-state index contributed by atoms with van der Waals surface area (Å²) in [7, 11) is 1.52. The van der Waals surface area contributed by atoms with Crippen LogP contribution in [-0.4, -0.2) is 42.3 Å². The number of phenols is 1. The van der Waals surface area contributed by atoms with Crippen molar-refractivity contribution < 1.29 is 28.8 Å². The summed E-state index contributed by atoms with van der Waals surface area (Å²) in [5.41, 5.74) is 0.743. The molecule has 0 radical (unpaired) electrons. The van der Waals surface area contributed by atoms with Crippen molar-refractivity contribution in [2.24, 2.45) is 0 Å². The van der Waals surface area contributed by atoms with Gasteiger partial charge in [0.2, 0.25) is 0 Å². The van der Waals surface area contributed by atoms with Crippen LogP contribution in [0, 0.1) is 0 Å². The van der Waals surface area contributed by atoms with Crippen molar-refractivity contribution >= 4 is 12.0 Å². The van der Waals surface area contributed by atoms with Gasteiger partial charge < -0.3 is 24.1 Å². The average Bonchev–Trinajstić information content (AvgIpc) is 2.91. The van der Waals surface area contributed by atoms with Crippen LogP contribution < -0.4 is 4.74 Å². The summed E-state index contributed by atoms with van der Waals surface area (Å²) in [6.07, 6.45) is 7.68. The largest absolute Gasteiger partial charge is 0.507 e. The lowest BCUT2D eigenvalue weighted by molar-refractivity contribution is -0.147. The highest BCUT2D eigenvalue weighted by atomic mass is 16.7. The molecule has 1 aromatic carbocycles. The Balaban J connectivity index is 1.88. The van der Waals surface area contributed by atoms with Crippen molar-refractivity contribution in [1.82, 2.24) is 0 Å². The number of ether oxygens (including phenoxy) is 4. The Morgan fingerprint density at radius 2 is 1.86 bits per heavy atom. The Morgan fingerprint density at radius 1 is 1.14 bits per heavy atom. The van der Waals surface area contributed by atoms with Crippen molar-refractivity contribution in [1.29, 1.82) is 0 Å². The molecule has 0 spiro atoms. The molecule has 1 fully saturated rings. The first-order valence-corrected chi connectivity index (χ1v) is 9.93. The van der Waals surface area contributed by atoms with Crippen molar-refractivity contribution in [2.45, 2.75) is 77.0 Å². The summed E-state index contributed by atoms with van der Waals surface area (Å²) in [5, 5.41) is 10.4. The van der Waals surface area contributed by atoms with Gasteiger partial charge in [-0.2, -0.15) is 0 Å². The summed E-state index contributed by atoms with van der Waals surface area (Å²) in [5.74, 6) is -0.754. The fraction of sp³-hybridized carbons (Fsp3) is 0.591. The van der Waals surface area contributed by atoms with E-state index in [-0.39, 0.29) is 29.6 Å². The minimum Gasteiger partial charge on any atom is -0.507 e. The number of phenolic OH excluding ortho intramolecular Hbond substituents is 1. The predicted octanol–water partition coefficient (Wildman–Crippen LogP) is 4.44. The number of hydrogen-bond donors (Lipinski definition) is 1. The van der Waals surface area contributed by atoms with Crippen molar-refractivity contribution in [3.8, 4) is 11.5 Å². The highest BCUT2D eigenvalue weighted by Crippen LogP contribution is 2.34. The molecule has 1 saturated heterocycles. The zero-order valence-electron chi connectivity index (χ0n) is 17.1. The number of carbonyl (C=O) groups excluding carboxylic acids is 1. The molecule has 3 unspecified atom stereocenters. The Morgan fingerprint density at radius 3 is 2.57 bits per heavy atom. The zero-order chi connectivity index (χ0) is 20.3. The molecule has 0 amide bonds. The molecule has 6 heteroatoms. The number of rotatable bonds is 1. The van der Waals surface area contributed by atoms with E-state index in [0.717, 1.165) is 32.1 Å². The van der Waals surface area contributed by atoms with Crippen LogP contribution in [0.3, 0.4) is 0 Å². The van der Waals surface area contributed by atoms with Gasteiger partial charge in [0, 0.05) is 6.07 Å². The predicted molar refractivity (Wildman–Crippen MR) is 105 cm³/mol. The van der Waals surface area contributed by atoms with Gasteiger partial charge in [0.25, 0.3) is 0 Å². The van der Waals surface area contributed by atoms with E-state index in [1.807, 2.05) is 32.9 Å². The van der Waals surface area contributed by atoms with E-state index >= 15 is 0 Å². The summed E-state index contributed by atoms with van der Waals surface area (Å²) in [6, 6.07) is 3.16. The number of benzene rings is 1. The van der Waals surface area contributed by atoms with Crippen LogP contribution in [0.25, 0.3) is 6.08 Å². The lowest BCUT2D eigenvalue weighted by Crippen LogP contribution is -2.23. The molecular formula is C22H30O6. The SMILES string of the molecule is COc1cc(O)c2c(c1)C=CCCC1OC(C)(C)OC1CCCC(C)OC2=O. The van der Waals surface area contributed by atoms with E-state index in [9.17, 15) is 9.90 Å². The van der Waals surface area contributed by atoms with Gasteiger partial charge in [-0.3, -0.25) is 0 Å². The first-order chi connectivity index (χ1) is 13.3. The Bertz CT molecular complexity index is 739. The smallest absolute Gasteiger partial charge is 0.342 e.